The fourth-order valence-electron chi connectivity index (χ4n) is 3.21. The molecule has 1 aliphatic heterocycles. The first-order chi connectivity index (χ1) is 12.5. The number of nitrogens with zero attached hydrogens (tertiary/aromatic N) is 3. The zero-order chi connectivity index (χ0) is 18.5. The number of hydrogen-bond donors (Lipinski definition) is 0. The van der Waals surface area contributed by atoms with Gasteiger partial charge in [0.05, 0.1) is 25.4 Å². The van der Waals surface area contributed by atoms with Crippen LogP contribution in [0.3, 0.4) is 0 Å². The van der Waals surface area contributed by atoms with Gasteiger partial charge in [0.1, 0.15) is 5.76 Å². The molecule has 1 fully saturated rings. The quantitative estimate of drug-likeness (QED) is 0.776. The molecule has 0 aliphatic carbocycles. The highest BCUT2D eigenvalue weighted by Crippen LogP contribution is 2.21. The predicted molar refractivity (Wildman–Crippen MR) is 103 cm³/mol. The number of rotatable bonds is 6. The van der Waals surface area contributed by atoms with Crippen LogP contribution in [-0.2, 0) is 11.3 Å². The number of hydrogen-bond acceptors (Lipinski definition) is 4. The van der Waals surface area contributed by atoms with Gasteiger partial charge in [-0.3, -0.25) is 14.6 Å². The number of carbonyl (C=O) groups excluding carboxylic acids is 1. The third kappa shape index (κ3) is 4.87. The van der Waals surface area contributed by atoms with Crippen molar-refractivity contribution in [3.8, 4) is 0 Å². The zero-order valence-corrected chi connectivity index (χ0v) is 16.2. The molecule has 1 aliphatic rings. The Morgan fingerprint density at radius 1 is 1.15 bits per heavy atom. The lowest BCUT2D eigenvalue weighted by Crippen LogP contribution is -2.49. The minimum atomic E-state index is 0.0278. The molecule has 26 heavy (non-hydrogen) atoms. The van der Waals surface area contributed by atoms with Gasteiger partial charge in [0.15, 0.2) is 0 Å². The summed E-state index contributed by atoms with van der Waals surface area (Å²) in [5.41, 5.74) is 1.09. The summed E-state index contributed by atoms with van der Waals surface area (Å²) in [4.78, 5) is 19.1. The van der Waals surface area contributed by atoms with E-state index in [1.165, 1.54) is 0 Å². The van der Waals surface area contributed by atoms with Crippen molar-refractivity contribution in [3.05, 3.63) is 59.0 Å². The van der Waals surface area contributed by atoms with E-state index < -0.39 is 0 Å². The van der Waals surface area contributed by atoms with Crippen molar-refractivity contribution in [2.45, 2.75) is 19.5 Å². The molecular formula is C20H26ClN3O2. The van der Waals surface area contributed by atoms with Gasteiger partial charge < -0.3 is 9.32 Å². The first-order valence-corrected chi connectivity index (χ1v) is 9.39. The van der Waals surface area contributed by atoms with Gasteiger partial charge in [0, 0.05) is 38.2 Å². The summed E-state index contributed by atoms with van der Waals surface area (Å²) in [5, 5.41) is 0.711. The van der Waals surface area contributed by atoms with E-state index in [9.17, 15) is 4.79 Å². The standard InChI is InChI=1S/C20H26ClN3O2/c1-16(17-5-7-18(21)8-6-17)22(2)20(25)15-24-11-9-23(10-12-24)14-19-4-3-13-26-19/h3-8,13,16H,9-12,14-15H2,1-2H3. The van der Waals surface area contributed by atoms with E-state index in [4.69, 9.17) is 16.0 Å². The summed E-state index contributed by atoms with van der Waals surface area (Å²) < 4.78 is 5.41. The molecule has 2 heterocycles. The Morgan fingerprint density at radius 2 is 1.81 bits per heavy atom. The Hall–Kier alpha value is -1.82. The van der Waals surface area contributed by atoms with Crippen molar-refractivity contribution < 1.29 is 9.21 Å². The van der Waals surface area contributed by atoms with Gasteiger partial charge in [-0.05, 0) is 36.8 Å². The fraction of sp³-hybridized carbons (Fsp3) is 0.450. The summed E-state index contributed by atoms with van der Waals surface area (Å²) in [5.74, 6) is 1.14. The van der Waals surface area contributed by atoms with Crippen LogP contribution in [-0.4, -0.2) is 60.4 Å². The average molecular weight is 376 g/mol. The van der Waals surface area contributed by atoms with Crippen LogP contribution in [0.25, 0.3) is 0 Å². The van der Waals surface area contributed by atoms with Crippen LogP contribution < -0.4 is 0 Å². The molecule has 1 aromatic heterocycles. The summed E-state index contributed by atoms with van der Waals surface area (Å²) in [7, 11) is 1.87. The van der Waals surface area contributed by atoms with E-state index in [1.807, 2.05) is 55.3 Å². The number of likely N-dealkylation sites (N-methyl/N-ethyl adjacent to an activating group) is 1. The van der Waals surface area contributed by atoms with Crippen LogP contribution in [0, 0.1) is 0 Å². The number of carbonyl (C=O) groups is 1. The van der Waals surface area contributed by atoms with Crippen LogP contribution in [0.15, 0.2) is 47.1 Å². The minimum absolute atomic E-state index is 0.0278. The van der Waals surface area contributed by atoms with Crippen molar-refractivity contribution in [1.29, 1.82) is 0 Å². The molecule has 5 nitrogen and oxygen atoms in total. The van der Waals surface area contributed by atoms with Crippen LogP contribution in [0.2, 0.25) is 5.02 Å². The van der Waals surface area contributed by atoms with Gasteiger partial charge >= 0.3 is 0 Å². The number of furan rings is 1. The molecule has 0 saturated carbocycles. The Balaban J connectivity index is 1.46. The van der Waals surface area contributed by atoms with E-state index in [0.717, 1.165) is 44.0 Å². The lowest BCUT2D eigenvalue weighted by atomic mass is 10.1. The first-order valence-electron chi connectivity index (χ1n) is 9.01. The topological polar surface area (TPSA) is 39.9 Å². The lowest BCUT2D eigenvalue weighted by molar-refractivity contribution is -0.133. The molecule has 0 spiro atoms. The molecular weight excluding hydrogens is 350 g/mol. The summed E-state index contributed by atoms with van der Waals surface area (Å²) in [6.07, 6.45) is 1.71. The van der Waals surface area contributed by atoms with E-state index in [0.29, 0.717) is 11.6 Å². The van der Waals surface area contributed by atoms with E-state index in [1.54, 1.807) is 6.26 Å². The molecule has 0 bridgehead atoms. The van der Waals surface area contributed by atoms with Crippen molar-refractivity contribution in [2.24, 2.45) is 0 Å². The molecule has 1 amide bonds. The van der Waals surface area contributed by atoms with E-state index >= 15 is 0 Å². The Bertz CT molecular complexity index is 694. The number of amides is 1. The molecule has 0 radical (unpaired) electrons. The van der Waals surface area contributed by atoms with Crippen LogP contribution in [0.5, 0.6) is 0 Å². The number of piperazine rings is 1. The van der Waals surface area contributed by atoms with Gasteiger partial charge in [-0.2, -0.15) is 0 Å². The molecule has 2 aromatic rings. The molecule has 1 atom stereocenters. The van der Waals surface area contributed by atoms with Gasteiger partial charge in [0.2, 0.25) is 5.91 Å². The lowest BCUT2D eigenvalue weighted by Gasteiger charge is -2.35. The summed E-state index contributed by atoms with van der Waals surface area (Å²) in [6, 6.07) is 11.6. The highest BCUT2D eigenvalue weighted by molar-refractivity contribution is 6.30. The van der Waals surface area contributed by atoms with Crippen molar-refractivity contribution in [3.63, 3.8) is 0 Å². The Kier molecular flexibility index (Phi) is 6.35. The molecule has 0 N–H and O–H groups in total. The maximum absolute atomic E-state index is 12.7. The molecule has 6 heteroatoms. The second kappa shape index (κ2) is 8.71. The highest BCUT2D eigenvalue weighted by atomic mass is 35.5. The minimum Gasteiger partial charge on any atom is -0.468 e. The SMILES string of the molecule is CC(c1ccc(Cl)cc1)N(C)C(=O)CN1CCN(Cc2ccco2)CC1. The Morgan fingerprint density at radius 3 is 2.42 bits per heavy atom. The van der Waals surface area contributed by atoms with Gasteiger partial charge in [-0.15, -0.1) is 0 Å². The third-order valence-electron chi connectivity index (χ3n) is 5.11. The normalized spacial score (nSPS) is 17.2. The molecule has 1 unspecified atom stereocenters. The number of halogens is 1. The highest BCUT2D eigenvalue weighted by Gasteiger charge is 2.23. The zero-order valence-electron chi connectivity index (χ0n) is 15.4. The first kappa shape index (κ1) is 19.0. The summed E-state index contributed by atoms with van der Waals surface area (Å²) in [6.45, 7) is 7.04. The number of benzene rings is 1. The van der Waals surface area contributed by atoms with Gasteiger partial charge in [-0.25, -0.2) is 0 Å². The maximum atomic E-state index is 12.7. The Labute approximate surface area is 160 Å². The molecule has 140 valence electrons. The second-order valence-corrected chi connectivity index (χ2v) is 7.30. The van der Waals surface area contributed by atoms with Crippen molar-refractivity contribution in [1.82, 2.24) is 14.7 Å². The van der Waals surface area contributed by atoms with Crippen LogP contribution >= 0.6 is 11.6 Å². The predicted octanol–water partition coefficient (Wildman–Crippen LogP) is 3.27. The van der Waals surface area contributed by atoms with Crippen molar-refractivity contribution >= 4 is 17.5 Å². The third-order valence-corrected chi connectivity index (χ3v) is 5.36. The van der Waals surface area contributed by atoms with Crippen LogP contribution in [0.1, 0.15) is 24.3 Å². The molecule has 1 saturated heterocycles. The van der Waals surface area contributed by atoms with Crippen molar-refractivity contribution in [2.75, 3.05) is 39.8 Å². The second-order valence-electron chi connectivity index (χ2n) is 6.86. The monoisotopic (exact) mass is 375 g/mol. The van der Waals surface area contributed by atoms with Gasteiger partial charge in [-0.1, -0.05) is 23.7 Å². The smallest absolute Gasteiger partial charge is 0.236 e. The molecule has 3 rings (SSSR count). The largest absolute Gasteiger partial charge is 0.468 e. The van der Waals surface area contributed by atoms with Crippen LogP contribution in [0.4, 0.5) is 0 Å². The summed E-state index contributed by atoms with van der Waals surface area (Å²) >= 11 is 5.95. The molecule has 1 aromatic carbocycles. The van der Waals surface area contributed by atoms with Gasteiger partial charge in [0.25, 0.3) is 0 Å². The van der Waals surface area contributed by atoms with E-state index in [-0.39, 0.29) is 11.9 Å². The van der Waals surface area contributed by atoms with E-state index in [2.05, 4.69) is 9.80 Å². The maximum Gasteiger partial charge on any atom is 0.236 e. The average Bonchev–Trinajstić information content (AvgIpc) is 3.16. The fourth-order valence-corrected chi connectivity index (χ4v) is 3.34.